The number of aliphatic hydroxyl groups is 1. The average Bonchev–Trinajstić information content (AvgIpc) is 3.39. The van der Waals surface area contributed by atoms with Crippen LogP contribution < -0.4 is 16.0 Å². The molecule has 4 rings (SSSR count). The molecule has 1 aromatic carbocycles. The third kappa shape index (κ3) is 4.35. The van der Waals surface area contributed by atoms with E-state index in [9.17, 15) is 14.7 Å². The highest BCUT2D eigenvalue weighted by Gasteiger charge is 2.33. The van der Waals surface area contributed by atoms with Crippen LogP contribution in [0, 0.1) is 5.92 Å². The van der Waals surface area contributed by atoms with Crippen molar-refractivity contribution in [3.8, 4) is 11.4 Å². The minimum absolute atomic E-state index is 0.0980. The van der Waals surface area contributed by atoms with Crippen LogP contribution in [0.25, 0.3) is 17.8 Å². The number of aromatic amines is 1. The van der Waals surface area contributed by atoms with Crippen LogP contribution in [0.3, 0.4) is 0 Å². The number of hydrogen-bond acceptors (Lipinski definition) is 7. The van der Waals surface area contributed by atoms with Crippen LogP contribution in [-0.4, -0.2) is 49.5 Å². The molecule has 1 aliphatic heterocycles. The Kier molecular flexibility index (Phi) is 5.83. The Morgan fingerprint density at radius 3 is 2.71 bits per heavy atom. The van der Waals surface area contributed by atoms with E-state index >= 15 is 0 Å². The van der Waals surface area contributed by atoms with Crippen molar-refractivity contribution in [2.24, 2.45) is 5.92 Å². The topological polar surface area (TPSA) is 124 Å². The summed E-state index contributed by atoms with van der Waals surface area (Å²) in [5, 5.41) is 17.6. The molecule has 1 fully saturated rings. The van der Waals surface area contributed by atoms with Crippen molar-refractivity contribution < 1.29 is 14.6 Å². The minimum atomic E-state index is -0.552. The van der Waals surface area contributed by atoms with E-state index in [2.05, 4.69) is 15.3 Å². The predicted molar refractivity (Wildman–Crippen MR) is 113 cm³/mol. The van der Waals surface area contributed by atoms with Crippen molar-refractivity contribution in [3.05, 3.63) is 68.8 Å². The van der Waals surface area contributed by atoms with E-state index in [0.29, 0.717) is 12.1 Å². The van der Waals surface area contributed by atoms with Gasteiger partial charge in [-0.25, -0.2) is 9.48 Å². The molecule has 162 valence electrons. The van der Waals surface area contributed by atoms with Gasteiger partial charge in [-0.3, -0.25) is 14.3 Å². The second-order valence-electron chi connectivity index (χ2n) is 7.40. The first-order valence-electron chi connectivity index (χ1n) is 9.85. The first kappa shape index (κ1) is 20.8. The van der Waals surface area contributed by atoms with Crippen molar-refractivity contribution in [2.75, 3.05) is 13.7 Å². The lowest BCUT2D eigenvalue weighted by Crippen LogP contribution is -2.33. The number of methoxy groups -OCH3 is 1. The zero-order chi connectivity index (χ0) is 22.0. The molecule has 1 aliphatic rings. The molecule has 0 amide bonds. The molecule has 0 bridgehead atoms. The smallest absolute Gasteiger partial charge is 0.330 e. The number of rotatable bonds is 6. The van der Waals surface area contributed by atoms with E-state index < -0.39 is 17.5 Å². The molecule has 3 heterocycles. The van der Waals surface area contributed by atoms with Crippen molar-refractivity contribution in [3.63, 3.8) is 0 Å². The number of ether oxygens (including phenoxy) is 2. The van der Waals surface area contributed by atoms with Gasteiger partial charge in [-0.15, -0.1) is 5.10 Å². The van der Waals surface area contributed by atoms with E-state index in [1.54, 1.807) is 30.1 Å². The lowest BCUT2D eigenvalue weighted by molar-refractivity contribution is -0.0313. The van der Waals surface area contributed by atoms with E-state index in [-0.39, 0.29) is 24.2 Å². The van der Waals surface area contributed by atoms with Gasteiger partial charge in [0.2, 0.25) is 0 Å². The SMILES string of the molecule is COc1ccc(-n2cc(/C=C/c3cn([C@H]4C[C@@H](C)[C@@H](CO)O4)c(=O)[nH]c3=O)nn2)cc1. The molecule has 1 saturated heterocycles. The van der Waals surface area contributed by atoms with Crippen LogP contribution in [0.1, 0.15) is 30.8 Å². The molecule has 2 N–H and O–H groups in total. The third-order valence-corrected chi connectivity index (χ3v) is 5.31. The van der Waals surface area contributed by atoms with Crippen LogP contribution in [0.5, 0.6) is 5.75 Å². The van der Waals surface area contributed by atoms with Crippen LogP contribution >= 0.6 is 0 Å². The standard InChI is InChI=1S/C21H23N5O5/c1-13-9-19(31-18(13)12-27)25-10-14(20(28)22-21(25)29)3-4-15-11-26(24-23-15)16-5-7-17(30-2)8-6-16/h3-8,10-11,13,18-19,27H,9,12H2,1-2H3,(H,22,28,29)/b4-3+/t13-,18-,19-/m1/s1. The molecule has 3 atom stereocenters. The highest BCUT2D eigenvalue weighted by Crippen LogP contribution is 2.31. The first-order chi connectivity index (χ1) is 15.0. The largest absolute Gasteiger partial charge is 0.497 e. The van der Waals surface area contributed by atoms with Gasteiger partial charge < -0.3 is 14.6 Å². The van der Waals surface area contributed by atoms with Gasteiger partial charge >= 0.3 is 5.69 Å². The fraction of sp³-hybridized carbons (Fsp3) is 0.333. The summed E-state index contributed by atoms with van der Waals surface area (Å²) in [6, 6.07) is 7.35. The van der Waals surface area contributed by atoms with Crippen molar-refractivity contribution in [1.82, 2.24) is 24.5 Å². The molecule has 0 aliphatic carbocycles. The summed E-state index contributed by atoms with van der Waals surface area (Å²) < 4.78 is 13.8. The van der Waals surface area contributed by atoms with Crippen molar-refractivity contribution in [2.45, 2.75) is 25.7 Å². The highest BCUT2D eigenvalue weighted by molar-refractivity contribution is 5.66. The summed E-state index contributed by atoms with van der Waals surface area (Å²) in [5.74, 6) is 0.838. The average molecular weight is 425 g/mol. The van der Waals surface area contributed by atoms with Gasteiger partial charge in [-0.1, -0.05) is 12.1 Å². The highest BCUT2D eigenvalue weighted by atomic mass is 16.5. The molecule has 10 nitrogen and oxygen atoms in total. The second-order valence-corrected chi connectivity index (χ2v) is 7.40. The zero-order valence-corrected chi connectivity index (χ0v) is 17.1. The normalized spacial score (nSPS) is 21.1. The van der Waals surface area contributed by atoms with E-state index in [1.165, 1.54) is 10.8 Å². The molecule has 0 unspecified atom stereocenters. The molecular weight excluding hydrogens is 402 g/mol. The zero-order valence-electron chi connectivity index (χ0n) is 17.1. The van der Waals surface area contributed by atoms with Crippen LogP contribution in [-0.2, 0) is 4.74 Å². The number of aromatic nitrogens is 5. The maximum atomic E-state index is 12.3. The van der Waals surface area contributed by atoms with Crippen LogP contribution in [0.2, 0.25) is 0 Å². The first-order valence-corrected chi connectivity index (χ1v) is 9.85. The Bertz CT molecular complexity index is 1190. The maximum Gasteiger partial charge on any atom is 0.330 e. The second kappa shape index (κ2) is 8.70. The minimum Gasteiger partial charge on any atom is -0.497 e. The number of nitrogens with zero attached hydrogens (tertiary/aromatic N) is 4. The quantitative estimate of drug-likeness (QED) is 0.608. The molecule has 0 spiro atoms. The van der Waals surface area contributed by atoms with E-state index in [0.717, 1.165) is 11.4 Å². The molecule has 31 heavy (non-hydrogen) atoms. The van der Waals surface area contributed by atoms with Crippen LogP contribution in [0.4, 0.5) is 0 Å². The Hall–Kier alpha value is -3.50. The Morgan fingerprint density at radius 1 is 1.26 bits per heavy atom. The van der Waals surface area contributed by atoms with E-state index in [1.807, 2.05) is 31.2 Å². The monoisotopic (exact) mass is 425 g/mol. The van der Waals surface area contributed by atoms with E-state index in [4.69, 9.17) is 9.47 Å². The van der Waals surface area contributed by atoms with Crippen LogP contribution in [0.15, 0.2) is 46.2 Å². The number of benzene rings is 1. The molecule has 2 aromatic heterocycles. The summed E-state index contributed by atoms with van der Waals surface area (Å²) in [4.78, 5) is 26.8. The predicted octanol–water partition coefficient (Wildman–Crippen LogP) is 1.21. The lowest BCUT2D eigenvalue weighted by Gasteiger charge is -2.15. The van der Waals surface area contributed by atoms with Gasteiger partial charge in [-0.2, -0.15) is 0 Å². The van der Waals surface area contributed by atoms with Gasteiger partial charge in [-0.05, 0) is 48.8 Å². The van der Waals surface area contributed by atoms with Crippen molar-refractivity contribution in [1.29, 1.82) is 0 Å². The molecular formula is C21H23N5O5. The number of nitrogens with one attached hydrogen (secondary N) is 1. The maximum absolute atomic E-state index is 12.3. The Balaban J connectivity index is 1.56. The summed E-state index contributed by atoms with van der Waals surface area (Å²) in [6.07, 6.45) is 6.07. The summed E-state index contributed by atoms with van der Waals surface area (Å²) in [6.45, 7) is 1.83. The number of aliphatic hydroxyl groups excluding tert-OH is 1. The third-order valence-electron chi connectivity index (χ3n) is 5.31. The molecule has 0 saturated carbocycles. The molecule has 3 aromatic rings. The summed E-state index contributed by atoms with van der Waals surface area (Å²) in [5.41, 5.74) is 0.569. The molecule has 0 radical (unpaired) electrons. The molecule has 10 heteroatoms. The lowest BCUT2D eigenvalue weighted by atomic mass is 10.0. The summed E-state index contributed by atoms with van der Waals surface area (Å²) in [7, 11) is 1.60. The van der Waals surface area contributed by atoms with Gasteiger partial charge in [0.05, 0.1) is 37.3 Å². The van der Waals surface area contributed by atoms with Gasteiger partial charge in [0.15, 0.2) is 0 Å². The Morgan fingerprint density at radius 2 is 2.03 bits per heavy atom. The number of H-pyrrole nitrogens is 1. The number of hydrogen-bond donors (Lipinski definition) is 2. The van der Waals surface area contributed by atoms with Gasteiger partial charge in [0.25, 0.3) is 5.56 Å². The van der Waals surface area contributed by atoms with Gasteiger partial charge in [0.1, 0.15) is 17.7 Å². The summed E-state index contributed by atoms with van der Waals surface area (Å²) >= 11 is 0. The van der Waals surface area contributed by atoms with Gasteiger partial charge in [0, 0.05) is 6.20 Å². The Labute approximate surface area is 177 Å². The fourth-order valence-electron chi connectivity index (χ4n) is 3.49. The van der Waals surface area contributed by atoms with Crippen molar-refractivity contribution >= 4 is 12.2 Å². The fourth-order valence-corrected chi connectivity index (χ4v) is 3.49.